The van der Waals surface area contributed by atoms with Gasteiger partial charge in [-0.2, -0.15) is 0 Å². The summed E-state index contributed by atoms with van der Waals surface area (Å²) >= 11 is 0. The fourth-order valence-corrected chi connectivity index (χ4v) is 2.47. The lowest BCUT2D eigenvalue weighted by atomic mass is 10.0. The monoisotopic (exact) mass is 269 g/mol. The van der Waals surface area contributed by atoms with Crippen LogP contribution in [0.2, 0.25) is 0 Å². The highest BCUT2D eigenvalue weighted by atomic mass is 19.1. The molecule has 0 fully saturated rings. The van der Waals surface area contributed by atoms with Crippen LogP contribution in [0, 0.1) is 12.7 Å². The first-order chi connectivity index (χ1) is 9.66. The number of para-hydroxylation sites is 1. The average molecular weight is 269 g/mol. The van der Waals surface area contributed by atoms with Crippen LogP contribution in [0.4, 0.5) is 10.1 Å². The van der Waals surface area contributed by atoms with E-state index in [4.69, 9.17) is 5.73 Å². The minimum absolute atomic E-state index is 0.0486. The molecule has 0 aromatic heterocycles. The minimum Gasteiger partial charge on any atom is -0.369 e. The number of anilines is 1. The lowest BCUT2D eigenvalue weighted by molar-refractivity contribution is 0.612. The molecule has 0 amide bonds. The molecule has 2 N–H and O–H groups in total. The van der Waals surface area contributed by atoms with Crippen molar-refractivity contribution in [3.05, 3.63) is 65.5 Å². The Kier molecular flexibility index (Phi) is 3.14. The zero-order valence-electron chi connectivity index (χ0n) is 11.3. The van der Waals surface area contributed by atoms with Crippen LogP contribution in [0.1, 0.15) is 17.2 Å². The fraction of sp³-hybridized carbons (Fsp3) is 0.188. The predicted octanol–water partition coefficient (Wildman–Crippen LogP) is 3.01. The van der Waals surface area contributed by atoms with E-state index in [1.807, 2.05) is 41.3 Å². The van der Waals surface area contributed by atoms with Crippen molar-refractivity contribution in [3.63, 3.8) is 0 Å². The predicted molar refractivity (Wildman–Crippen MR) is 79.3 cm³/mol. The van der Waals surface area contributed by atoms with Crippen LogP contribution < -0.4 is 10.6 Å². The normalized spacial score (nSPS) is 18.2. The first-order valence-electron chi connectivity index (χ1n) is 6.57. The number of hydrogen-bond acceptors (Lipinski definition) is 3. The Morgan fingerprint density at radius 1 is 1.20 bits per heavy atom. The molecule has 0 spiro atoms. The summed E-state index contributed by atoms with van der Waals surface area (Å²) in [5.74, 6) is 0.281. The minimum atomic E-state index is -0.194. The number of aryl methyl sites for hydroxylation is 1. The SMILES string of the molecule is Cc1ccc(C2CN=C(N)N2c2ccccc2)cc1F. The van der Waals surface area contributed by atoms with Crippen LogP contribution in [-0.2, 0) is 0 Å². The largest absolute Gasteiger partial charge is 0.369 e. The summed E-state index contributed by atoms with van der Waals surface area (Å²) in [5, 5.41) is 0. The Morgan fingerprint density at radius 2 is 1.95 bits per heavy atom. The van der Waals surface area contributed by atoms with E-state index in [2.05, 4.69) is 4.99 Å². The van der Waals surface area contributed by atoms with E-state index in [-0.39, 0.29) is 11.9 Å². The number of aliphatic imine (C=N–C) groups is 1. The van der Waals surface area contributed by atoms with Crippen molar-refractivity contribution in [1.29, 1.82) is 0 Å². The van der Waals surface area contributed by atoms with E-state index < -0.39 is 0 Å². The van der Waals surface area contributed by atoms with Gasteiger partial charge in [-0.1, -0.05) is 30.3 Å². The van der Waals surface area contributed by atoms with Gasteiger partial charge in [0.25, 0.3) is 0 Å². The maximum absolute atomic E-state index is 13.8. The average Bonchev–Trinajstić information content (AvgIpc) is 2.85. The van der Waals surface area contributed by atoms with Gasteiger partial charge in [-0.05, 0) is 36.2 Å². The maximum atomic E-state index is 13.8. The summed E-state index contributed by atoms with van der Waals surface area (Å²) in [6.45, 7) is 2.30. The number of halogens is 1. The summed E-state index contributed by atoms with van der Waals surface area (Å²) in [6, 6.07) is 15.1. The molecule has 1 atom stereocenters. The van der Waals surface area contributed by atoms with Crippen molar-refractivity contribution < 1.29 is 4.39 Å². The van der Waals surface area contributed by atoms with Crippen LogP contribution in [-0.4, -0.2) is 12.5 Å². The molecule has 1 aliphatic heterocycles. The van der Waals surface area contributed by atoms with Crippen molar-refractivity contribution in [2.75, 3.05) is 11.4 Å². The molecule has 102 valence electrons. The van der Waals surface area contributed by atoms with Crippen LogP contribution in [0.15, 0.2) is 53.5 Å². The van der Waals surface area contributed by atoms with Crippen molar-refractivity contribution in [3.8, 4) is 0 Å². The molecule has 1 heterocycles. The number of hydrogen-bond donors (Lipinski definition) is 1. The molecule has 1 unspecified atom stereocenters. The molecule has 2 aromatic carbocycles. The lowest BCUT2D eigenvalue weighted by Gasteiger charge is -2.26. The smallest absolute Gasteiger partial charge is 0.196 e. The Balaban J connectivity index is 1.99. The molecule has 0 saturated heterocycles. The molecule has 4 heteroatoms. The quantitative estimate of drug-likeness (QED) is 0.910. The molecular formula is C16H16FN3. The van der Waals surface area contributed by atoms with Gasteiger partial charge in [0.1, 0.15) is 5.82 Å². The molecule has 0 saturated carbocycles. The van der Waals surface area contributed by atoms with Gasteiger partial charge in [0.15, 0.2) is 5.96 Å². The molecule has 0 radical (unpaired) electrons. The summed E-state index contributed by atoms with van der Waals surface area (Å²) < 4.78 is 13.8. The number of guanidine groups is 1. The molecule has 0 aliphatic carbocycles. The van der Waals surface area contributed by atoms with Crippen LogP contribution in [0.5, 0.6) is 0 Å². The first-order valence-corrected chi connectivity index (χ1v) is 6.57. The van der Waals surface area contributed by atoms with Crippen molar-refractivity contribution >= 4 is 11.6 Å². The second kappa shape index (κ2) is 4.96. The van der Waals surface area contributed by atoms with Gasteiger partial charge in [0.2, 0.25) is 0 Å². The topological polar surface area (TPSA) is 41.6 Å². The second-order valence-electron chi connectivity index (χ2n) is 4.93. The van der Waals surface area contributed by atoms with Gasteiger partial charge < -0.3 is 10.6 Å². The standard InChI is InChI=1S/C16H16FN3/c1-11-7-8-12(9-14(11)17)15-10-19-16(18)20(15)13-5-3-2-4-6-13/h2-9,15H,10H2,1H3,(H2,18,19). The number of benzene rings is 2. The second-order valence-corrected chi connectivity index (χ2v) is 4.93. The number of nitrogens with two attached hydrogens (primary N) is 1. The summed E-state index contributed by atoms with van der Waals surface area (Å²) in [6.07, 6.45) is 0. The van der Waals surface area contributed by atoms with E-state index in [0.717, 1.165) is 11.3 Å². The molecule has 1 aliphatic rings. The van der Waals surface area contributed by atoms with Crippen molar-refractivity contribution in [2.45, 2.75) is 13.0 Å². The zero-order valence-corrected chi connectivity index (χ0v) is 11.3. The van der Waals surface area contributed by atoms with Crippen LogP contribution in [0.3, 0.4) is 0 Å². The highest BCUT2D eigenvalue weighted by Gasteiger charge is 2.29. The summed E-state index contributed by atoms with van der Waals surface area (Å²) in [4.78, 5) is 6.25. The molecule has 2 aromatic rings. The van der Waals surface area contributed by atoms with E-state index >= 15 is 0 Å². The summed E-state index contributed by atoms with van der Waals surface area (Å²) in [5.41, 5.74) is 8.49. The third kappa shape index (κ3) is 2.13. The summed E-state index contributed by atoms with van der Waals surface area (Å²) in [7, 11) is 0. The van der Waals surface area contributed by atoms with Crippen molar-refractivity contribution in [1.82, 2.24) is 0 Å². The first kappa shape index (κ1) is 12.7. The molecule has 3 nitrogen and oxygen atoms in total. The maximum Gasteiger partial charge on any atom is 0.196 e. The number of nitrogens with zero attached hydrogens (tertiary/aromatic N) is 2. The Labute approximate surface area is 117 Å². The van der Waals surface area contributed by atoms with Crippen molar-refractivity contribution in [2.24, 2.45) is 10.7 Å². The zero-order chi connectivity index (χ0) is 14.1. The molecular weight excluding hydrogens is 253 g/mol. The highest BCUT2D eigenvalue weighted by molar-refractivity contribution is 5.97. The van der Waals surface area contributed by atoms with E-state index in [1.54, 1.807) is 19.1 Å². The Bertz CT molecular complexity index is 652. The lowest BCUT2D eigenvalue weighted by Crippen LogP contribution is -2.36. The van der Waals surface area contributed by atoms with E-state index in [0.29, 0.717) is 18.1 Å². The van der Waals surface area contributed by atoms with Gasteiger partial charge in [-0.25, -0.2) is 4.39 Å². The van der Waals surface area contributed by atoms with Gasteiger partial charge in [-0.3, -0.25) is 4.99 Å². The molecule has 20 heavy (non-hydrogen) atoms. The van der Waals surface area contributed by atoms with Gasteiger partial charge in [0, 0.05) is 5.69 Å². The van der Waals surface area contributed by atoms with Gasteiger partial charge in [-0.15, -0.1) is 0 Å². The van der Waals surface area contributed by atoms with Gasteiger partial charge in [0.05, 0.1) is 12.6 Å². The van der Waals surface area contributed by atoms with Crippen LogP contribution >= 0.6 is 0 Å². The Hall–Kier alpha value is -2.36. The third-order valence-corrected chi connectivity index (χ3v) is 3.60. The van der Waals surface area contributed by atoms with E-state index in [9.17, 15) is 4.39 Å². The number of rotatable bonds is 2. The van der Waals surface area contributed by atoms with Gasteiger partial charge >= 0.3 is 0 Å². The fourth-order valence-electron chi connectivity index (χ4n) is 2.47. The Morgan fingerprint density at radius 3 is 2.65 bits per heavy atom. The third-order valence-electron chi connectivity index (χ3n) is 3.60. The van der Waals surface area contributed by atoms with Crippen LogP contribution in [0.25, 0.3) is 0 Å². The highest BCUT2D eigenvalue weighted by Crippen LogP contribution is 2.31. The molecule has 3 rings (SSSR count). The molecule has 0 bridgehead atoms. The van der Waals surface area contributed by atoms with E-state index in [1.165, 1.54) is 0 Å².